The van der Waals surface area contributed by atoms with Gasteiger partial charge in [-0.15, -0.1) is 0 Å². The molecule has 4 rings (SSSR count). The van der Waals surface area contributed by atoms with E-state index >= 15 is 0 Å². The molecule has 0 aliphatic carbocycles. The molecule has 6 nitrogen and oxygen atoms in total. The number of benzene rings is 4. The number of methoxy groups -OCH3 is 1. The maximum atomic E-state index is 12.3. The summed E-state index contributed by atoms with van der Waals surface area (Å²) in [6.45, 7) is 3.44. The van der Waals surface area contributed by atoms with Gasteiger partial charge in [-0.3, -0.25) is 4.79 Å². The van der Waals surface area contributed by atoms with Crippen molar-refractivity contribution in [1.29, 1.82) is 0 Å². The van der Waals surface area contributed by atoms with Crippen LogP contribution in [0.3, 0.4) is 0 Å². The first kappa shape index (κ1) is 24.5. The lowest BCUT2D eigenvalue weighted by atomic mass is 9.93. The van der Waals surface area contributed by atoms with Crippen LogP contribution in [0.2, 0.25) is 0 Å². The van der Waals surface area contributed by atoms with Gasteiger partial charge in [-0.05, 0) is 70.8 Å². The molecule has 0 spiro atoms. The summed E-state index contributed by atoms with van der Waals surface area (Å²) in [4.78, 5) is 23.3. The van der Waals surface area contributed by atoms with Gasteiger partial charge in [0.05, 0.1) is 7.11 Å². The van der Waals surface area contributed by atoms with Gasteiger partial charge in [0.1, 0.15) is 23.0 Å². The number of esters is 1. The fraction of sp³-hybridized carbons (Fsp3) is 0.133. The fourth-order valence-electron chi connectivity index (χ4n) is 3.72. The lowest BCUT2D eigenvalue weighted by molar-refractivity contribution is -0.131. The van der Waals surface area contributed by atoms with Gasteiger partial charge >= 0.3 is 12.1 Å². The maximum Gasteiger partial charge on any atom is 0.519 e. The zero-order valence-corrected chi connectivity index (χ0v) is 20.3. The van der Waals surface area contributed by atoms with E-state index in [9.17, 15) is 9.59 Å². The van der Waals surface area contributed by atoms with Crippen molar-refractivity contribution in [2.45, 2.75) is 19.8 Å². The Kier molecular flexibility index (Phi) is 7.66. The van der Waals surface area contributed by atoms with Crippen molar-refractivity contribution in [3.05, 3.63) is 108 Å². The van der Waals surface area contributed by atoms with Crippen molar-refractivity contribution in [3.8, 4) is 34.1 Å². The van der Waals surface area contributed by atoms with Crippen molar-refractivity contribution in [2.75, 3.05) is 7.11 Å². The Morgan fingerprint density at radius 3 is 1.31 bits per heavy atom. The van der Waals surface area contributed by atoms with Crippen LogP contribution in [0.15, 0.2) is 97.1 Å². The number of rotatable bonds is 7. The molecule has 4 aromatic carbocycles. The Hall–Kier alpha value is -4.58. The molecule has 6 heteroatoms. The van der Waals surface area contributed by atoms with Crippen molar-refractivity contribution in [3.63, 3.8) is 0 Å². The second kappa shape index (κ2) is 11.2. The minimum absolute atomic E-state index is 0.0987. The molecule has 0 radical (unpaired) electrons. The highest BCUT2D eigenvalue weighted by Gasteiger charge is 2.12. The second-order valence-corrected chi connectivity index (χ2v) is 8.16. The third-order valence-electron chi connectivity index (χ3n) is 5.70. The summed E-state index contributed by atoms with van der Waals surface area (Å²) in [5.74, 6) is 1.82. The first-order valence-corrected chi connectivity index (χ1v) is 11.4. The van der Waals surface area contributed by atoms with Crippen LogP contribution in [0.5, 0.6) is 23.0 Å². The largest absolute Gasteiger partial charge is 0.519 e. The number of ether oxygens (including phenoxy) is 4. The highest BCUT2D eigenvalue weighted by Crippen LogP contribution is 2.28. The highest BCUT2D eigenvalue weighted by molar-refractivity contribution is 5.70. The molecule has 1 unspecified atom stereocenters. The minimum atomic E-state index is -0.811. The van der Waals surface area contributed by atoms with E-state index < -0.39 is 6.16 Å². The highest BCUT2D eigenvalue weighted by atomic mass is 16.7. The van der Waals surface area contributed by atoms with Gasteiger partial charge < -0.3 is 18.9 Å². The third kappa shape index (κ3) is 6.30. The average molecular weight is 483 g/mol. The number of carbonyl (C=O) groups is 2. The van der Waals surface area contributed by atoms with Crippen LogP contribution >= 0.6 is 0 Å². The average Bonchev–Trinajstić information content (AvgIpc) is 2.89. The van der Waals surface area contributed by atoms with E-state index in [1.165, 1.54) is 6.92 Å². The van der Waals surface area contributed by atoms with Crippen molar-refractivity contribution >= 4 is 12.1 Å². The van der Waals surface area contributed by atoms with Crippen molar-refractivity contribution in [2.24, 2.45) is 0 Å². The Bertz CT molecular complexity index is 1310. The number of hydrogen-bond acceptors (Lipinski definition) is 6. The van der Waals surface area contributed by atoms with Crippen molar-refractivity contribution in [1.82, 2.24) is 0 Å². The van der Waals surface area contributed by atoms with E-state index in [0.717, 1.165) is 28.0 Å². The predicted molar refractivity (Wildman–Crippen MR) is 137 cm³/mol. The van der Waals surface area contributed by atoms with Gasteiger partial charge in [0, 0.05) is 12.8 Å². The predicted octanol–water partition coefficient (Wildman–Crippen LogP) is 7.02. The molecule has 4 aromatic rings. The smallest absolute Gasteiger partial charge is 0.497 e. The molecule has 0 bridgehead atoms. The molecular weight excluding hydrogens is 456 g/mol. The van der Waals surface area contributed by atoms with Gasteiger partial charge in [-0.25, -0.2) is 4.79 Å². The Morgan fingerprint density at radius 1 is 0.556 bits per heavy atom. The molecule has 0 N–H and O–H groups in total. The quantitative estimate of drug-likeness (QED) is 0.160. The van der Waals surface area contributed by atoms with Gasteiger partial charge in [-0.1, -0.05) is 55.5 Å². The van der Waals surface area contributed by atoms with E-state index in [2.05, 4.69) is 6.92 Å². The van der Waals surface area contributed by atoms with E-state index in [-0.39, 0.29) is 11.9 Å². The number of carbonyl (C=O) groups excluding carboxylic acids is 2. The van der Waals surface area contributed by atoms with Crippen LogP contribution in [0.25, 0.3) is 11.1 Å². The molecule has 36 heavy (non-hydrogen) atoms. The van der Waals surface area contributed by atoms with Crippen LogP contribution < -0.4 is 18.9 Å². The molecular formula is C30H26O6. The monoisotopic (exact) mass is 482 g/mol. The molecule has 0 aromatic heterocycles. The SMILES string of the molecule is COc1ccc(-c2ccc(OC(=O)Oc3ccc(C(C)c4ccc(OC(C)=O)cc4)cc3)cc2)cc1. The Labute approximate surface area is 210 Å². The molecule has 0 aliphatic heterocycles. The van der Waals surface area contributed by atoms with Crippen LogP contribution in [0.4, 0.5) is 4.79 Å². The summed E-state index contributed by atoms with van der Waals surface area (Å²) in [5, 5.41) is 0. The fourth-order valence-corrected chi connectivity index (χ4v) is 3.72. The lowest BCUT2D eigenvalue weighted by Gasteiger charge is -2.14. The summed E-state index contributed by atoms with van der Waals surface area (Å²) in [6, 6.07) is 29.5. The molecule has 1 atom stereocenters. The second-order valence-electron chi connectivity index (χ2n) is 8.16. The molecule has 0 aliphatic rings. The molecule has 0 heterocycles. The standard InChI is InChI=1S/C30H26O6/c1-20(22-4-14-27(15-5-22)34-21(2)31)23-6-16-28(17-7-23)35-30(32)36-29-18-10-25(11-19-29)24-8-12-26(33-3)13-9-24/h4-20H,1-3H3. The zero-order valence-electron chi connectivity index (χ0n) is 20.3. The van der Waals surface area contributed by atoms with Crippen LogP contribution in [0.1, 0.15) is 30.9 Å². The summed E-state index contributed by atoms with van der Waals surface area (Å²) in [6.07, 6.45) is -0.811. The molecule has 0 amide bonds. The van der Waals surface area contributed by atoms with E-state index in [1.54, 1.807) is 43.5 Å². The summed E-state index contributed by atoms with van der Waals surface area (Å²) in [5.41, 5.74) is 4.13. The first-order chi connectivity index (χ1) is 17.4. The summed E-state index contributed by atoms with van der Waals surface area (Å²) >= 11 is 0. The van der Waals surface area contributed by atoms with Crippen LogP contribution in [-0.4, -0.2) is 19.2 Å². The van der Waals surface area contributed by atoms with Gasteiger partial charge in [-0.2, -0.15) is 0 Å². The van der Waals surface area contributed by atoms with Gasteiger partial charge in [0.15, 0.2) is 0 Å². The molecule has 0 saturated heterocycles. The van der Waals surface area contributed by atoms with E-state index in [1.807, 2.05) is 60.7 Å². The Morgan fingerprint density at radius 2 is 0.917 bits per heavy atom. The number of hydrogen-bond donors (Lipinski definition) is 0. The third-order valence-corrected chi connectivity index (χ3v) is 5.70. The van der Waals surface area contributed by atoms with Crippen molar-refractivity contribution < 1.29 is 28.5 Å². The topological polar surface area (TPSA) is 71.1 Å². The first-order valence-electron chi connectivity index (χ1n) is 11.4. The van der Waals surface area contributed by atoms with Crippen LogP contribution in [0, 0.1) is 0 Å². The molecule has 182 valence electrons. The Balaban J connectivity index is 1.33. The van der Waals surface area contributed by atoms with Gasteiger partial charge in [0.2, 0.25) is 0 Å². The minimum Gasteiger partial charge on any atom is -0.497 e. The summed E-state index contributed by atoms with van der Waals surface area (Å²) < 4.78 is 20.9. The lowest BCUT2D eigenvalue weighted by Crippen LogP contribution is -2.13. The summed E-state index contributed by atoms with van der Waals surface area (Å²) in [7, 11) is 1.63. The van der Waals surface area contributed by atoms with E-state index in [0.29, 0.717) is 17.2 Å². The van der Waals surface area contributed by atoms with Gasteiger partial charge in [0.25, 0.3) is 0 Å². The normalized spacial score (nSPS) is 11.3. The molecule has 0 saturated carbocycles. The molecule has 0 fully saturated rings. The zero-order chi connectivity index (χ0) is 25.5. The van der Waals surface area contributed by atoms with E-state index in [4.69, 9.17) is 18.9 Å². The maximum absolute atomic E-state index is 12.3. The van der Waals surface area contributed by atoms with Crippen LogP contribution in [-0.2, 0) is 4.79 Å².